The normalized spacial score (nSPS) is 17.3. The van der Waals surface area contributed by atoms with Gasteiger partial charge >= 0.3 is 47.6 Å². The van der Waals surface area contributed by atoms with Gasteiger partial charge in [-0.1, -0.05) is 22.6 Å². The van der Waals surface area contributed by atoms with Gasteiger partial charge in [0.15, 0.2) is 0 Å². The second-order valence-corrected chi connectivity index (χ2v) is 7.39. The number of halogens is 18. The summed E-state index contributed by atoms with van der Waals surface area (Å²) in [6, 6.07) is 0. The molecule has 0 aliphatic carbocycles. The predicted molar refractivity (Wildman–Crippen MR) is 70.2 cm³/mol. The van der Waals surface area contributed by atoms with E-state index in [0.717, 1.165) is 0 Å². The van der Waals surface area contributed by atoms with Gasteiger partial charge in [0.05, 0.1) is 6.61 Å². The van der Waals surface area contributed by atoms with E-state index < -0.39 is 64.6 Å². The molecule has 30 heavy (non-hydrogen) atoms. The van der Waals surface area contributed by atoms with Gasteiger partial charge in [0.1, 0.15) is 0 Å². The Kier molecular flexibility index (Phi) is 7.69. The average Bonchev–Trinajstić information content (AvgIpc) is 2.51. The Labute approximate surface area is 167 Å². The van der Waals surface area contributed by atoms with E-state index in [4.69, 9.17) is 5.11 Å². The molecule has 1 atom stereocenters. The molecule has 0 bridgehead atoms. The summed E-state index contributed by atoms with van der Waals surface area (Å²) in [5, 5.41) is 8.40. The minimum absolute atomic E-state index is 0.680. The molecule has 1 nitrogen and oxygen atoms in total. The van der Waals surface area contributed by atoms with Crippen LogP contribution >= 0.6 is 22.6 Å². The van der Waals surface area contributed by atoms with Gasteiger partial charge in [0, 0.05) is 10.3 Å². The second kappa shape index (κ2) is 7.82. The number of aliphatic hydroxyl groups excluding tert-OH is 1. The van der Waals surface area contributed by atoms with Crippen LogP contribution in [0.25, 0.3) is 0 Å². The minimum atomic E-state index is -8.62. The van der Waals surface area contributed by atoms with Crippen LogP contribution in [-0.4, -0.2) is 63.3 Å². The largest absolute Gasteiger partial charge is 0.460 e. The van der Waals surface area contributed by atoms with Crippen LogP contribution in [0.4, 0.5) is 74.6 Å². The topological polar surface area (TPSA) is 20.2 Å². The third-order valence-corrected chi connectivity index (χ3v) is 4.30. The fourth-order valence-corrected chi connectivity index (χ4v) is 2.22. The van der Waals surface area contributed by atoms with Crippen LogP contribution in [0.1, 0.15) is 6.42 Å². The van der Waals surface area contributed by atoms with E-state index in [9.17, 15) is 74.6 Å². The molecule has 0 aromatic carbocycles. The zero-order valence-electron chi connectivity index (χ0n) is 13.2. The summed E-state index contributed by atoms with van der Waals surface area (Å²) in [4.78, 5) is 0. The molecule has 0 saturated heterocycles. The lowest BCUT2D eigenvalue weighted by molar-refractivity contribution is -0.461. The molecule has 0 spiro atoms. The first-order chi connectivity index (χ1) is 12.7. The van der Waals surface area contributed by atoms with Crippen molar-refractivity contribution in [1.82, 2.24) is 0 Å². The molecule has 182 valence electrons. The Bertz CT molecular complexity index is 609. The smallest absolute Gasteiger partial charge is 0.395 e. The molecule has 0 aliphatic heterocycles. The monoisotopic (exact) mass is 604 g/mol. The molecule has 0 saturated carbocycles. The van der Waals surface area contributed by atoms with Crippen LogP contribution in [0.2, 0.25) is 0 Å². The highest BCUT2D eigenvalue weighted by Crippen LogP contribution is 2.64. The van der Waals surface area contributed by atoms with Crippen molar-refractivity contribution in [3.05, 3.63) is 0 Å². The van der Waals surface area contributed by atoms with Crippen LogP contribution < -0.4 is 0 Å². The first-order valence-corrected chi connectivity index (χ1v) is 7.91. The summed E-state index contributed by atoms with van der Waals surface area (Å²) in [7, 11) is 0. The van der Waals surface area contributed by atoms with Crippen molar-refractivity contribution in [1.29, 1.82) is 0 Å². The Morgan fingerprint density at radius 3 is 1.03 bits per heavy atom. The fraction of sp³-hybridized carbons (Fsp3) is 1.00. The number of aliphatic hydroxyl groups is 1. The highest BCUT2D eigenvalue weighted by molar-refractivity contribution is 14.1. The van der Waals surface area contributed by atoms with Crippen LogP contribution in [0, 0.1) is 0 Å². The molecule has 0 unspecified atom stereocenters. The van der Waals surface area contributed by atoms with Gasteiger partial charge in [-0.3, -0.25) is 0 Å². The molecule has 0 aliphatic rings. The lowest BCUT2D eigenvalue weighted by atomic mass is 9.88. The standard InChI is InChI=1S/C11H6F17IO/c12-4(13,1-3(29)2-30)5(14,15)6(16,17)7(18,19)8(20,21)9(22,23)10(24,25)11(26,27)28/h3,30H,1-2H2/t3-/m1/s1. The molecular weight excluding hydrogens is 598 g/mol. The predicted octanol–water partition coefficient (Wildman–Crippen LogP) is 6.18. The summed E-state index contributed by atoms with van der Waals surface area (Å²) in [6.07, 6.45) is -10.4. The zero-order valence-corrected chi connectivity index (χ0v) is 15.4. The Morgan fingerprint density at radius 1 is 0.500 bits per heavy atom. The fourth-order valence-electron chi connectivity index (χ4n) is 1.67. The first-order valence-electron chi connectivity index (χ1n) is 6.67. The van der Waals surface area contributed by atoms with E-state index in [2.05, 4.69) is 0 Å². The molecule has 0 aromatic heterocycles. The molecule has 0 aromatic rings. The Morgan fingerprint density at radius 2 is 0.767 bits per heavy atom. The van der Waals surface area contributed by atoms with E-state index in [0.29, 0.717) is 22.6 Å². The Hall–Kier alpha value is -0.500. The maximum absolute atomic E-state index is 13.4. The molecule has 0 radical (unpaired) electrons. The summed E-state index contributed by atoms with van der Waals surface area (Å²) >= 11 is 0.680. The van der Waals surface area contributed by atoms with Gasteiger partial charge < -0.3 is 5.11 Å². The average molecular weight is 604 g/mol. The second-order valence-electron chi connectivity index (χ2n) is 5.63. The van der Waals surface area contributed by atoms with E-state index in [1.54, 1.807) is 0 Å². The van der Waals surface area contributed by atoms with Gasteiger partial charge in [-0.25, -0.2) is 0 Å². The first kappa shape index (κ1) is 29.5. The lowest BCUT2D eigenvalue weighted by Crippen LogP contribution is -2.74. The third-order valence-electron chi connectivity index (χ3n) is 3.46. The van der Waals surface area contributed by atoms with Crippen LogP contribution in [0.3, 0.4) is 0 Å². The van der Waals surface area contributed by atoms with E-state index >= 15 is 0 Å². The van der Waals surface area contributed by atoms with Crippen molar-refractivity contribution in [2.45, 2.75) is 58.0 Å². The number of hydrogen-bond donors (Lipinski definition) is 1. The summed E-state index contributed by atoms with van der Waals surface area (Å²) in [6.45, 7) is -1.49. The van der Waals surface area contributed by atoms with Crippen molar-refractivity contribution < 1.29 is 79.7 Å². The highest BCUT2D eigenvalue weighted by atomic mass is 127. The Balaban J connectivity index is 6.62. The molecule has 0 heterocycles. The van der Waals surface area contributed by atoms with E-state index in [1.165, 1.54) is 0 Å². The lowest BCUT2D eigenvalue weighted by Gasteiger charge is -2.43. The number of rotatable bonds is 9. The quantitative estimate of drug-likeness (QED) is 0.190. The van der Waals surface area contributed by atoms with Gasteiger partial charge in [0.2, 0.25) is 0 Å². The van der Waals surface area contributed by atoms with Crippen LogP contribution in [0.5, 0.6) is 0 Å². The summed E-state index contributed by atoms with van der Waals surface area (Å²) in [5.41, 5.74) is 0. The number of hydrogen-bond acceptors (Lipinski definition) is 1. The minimum Gasteiger partial charge on any atom is -0.395 e. The van der Waals surface area contributed by atoms with Crippen LogP contribution in [-0.2, 0) is 0 Å². The van der Waals surface area contributed by atoms with Crippen molar-refractivity contribution >= 4 is 22.6 Å². The molecule has 1 N–H and O–H groups in total. The van der Waals surface area contributed by atoms with Crippen LogP contribution in [0.15, 0.2) is 0 Å². The van der Waals surface area contributed by atoms with E-state index in [1.807, 2.05) is 0 Å². The van der Waals surface area contributed by atoms with Crippen molar-refractivity contribution in [2.75, 3.05) is 6.61 Å². The maximum atomic E-state index is 13.4. The SMILES string of the molecule is OC[C@H](I)CC(F)(F)C(F)(F)C(F)(F)C(F)(F)C(F)(F)C(F)(F)C(F)(F)C(F)(F)F. The molecule has 0 fully saturated rings. The van der Waals surface area contributed by atoms with Gasteiger partial charge in [-0.05, 0) is 0 Å². The third kappa shape index (κ3) is 4.00. The van der Waals surface area contributed by atoms with Gasteiger partial charge in [0.25, 0.3) is 0 Å². The van der Waals surface area contributed by atoms with Crippen molar-refractivity contribution in [3.63, 3.8) is 0 Å². The molecular formula is C11H6F17IO. The van der Waals surface area contributed by atoms with E-state index in [-0.39, 0.29) is 0 Å². The molecule has 19 heteroatoms. The van der Waals surface area contributed by atoms with Crippen molar-refractivity contribution in [3.8, 4) is 0 Å². The molecule has 0 amide bonds. The zero-order chi connectivity index (χ0) is 25.0. The summed E-state index contributed by atoms with van der Waals surface area (Å²) in [5.74, 6) is -56.3. The number of alkyl halides is 18. The van der Waals surface area contributed by atoms with Crippen molar-refractivity contribution in [2.24, 2.45) is 0 Å². The van der Waals surface area contributed by atoms with Gasteiger partial charge in [-0.2, -0.15) is 74.6 Å². The summed E-state index contributed by atoms with van der Waals surface area (Å²) < 4.78 is 218. The molecule has 0 rings (SSSR count). The maximum Gasteiger partial charge on any atom is 0.460 e. The highest BCUT2D eigenvalue weighted by Gasteiger charge is 2.95. The van der Waals surface area contributed by atoms with Gasteiger partial charge in [-0.15, -0.1) is 0 Å².